The minimum atomic E-state index is -0.824. The van der Waals surface area contributed by atoms with Crippen molar-refractivity contribution in [2.75, 3.05) is 26.2 Å². The molecule has 0 aromatic carbocycles. The first kappa shape index (κ1) is 23.8. The monoisotopic (exact) mass is 434 g/mol. The van der Waals surface area contributed by atoms with E-state index in [4.69, 9.17) is 0 Å². The summed E-state index contributed by atoms with van der Waals surface area (Å²) in [6.07, 6.45) is 0. The number of nitrogens with zero attached hydrogens (tertiary/aromatic N) is 2. The summed E-state index contributed by atoms with van der Waals surface area (Å²) >= 11 is -0.824. The molecule has 0 aliphatic heterocycles. The molecule has 0 fully saturated rings. The second-order valence-electron chi connectivity index (χ2n) is 7.49. The summed E-state index contributed by atoms with van der Waals surface area (Å²) in [5.41, 5.74) is 0. The van der Waals surface area contributed by atoms with Crippen LogP contribution in [0, 0.1) is 61.2 Å². The molecule has 0 saturated carbocycles. The second-order valence-corrected chi connectivity index (χ2v) is 12.2. The fourth-order valence-electron chi connectivity index (χ4n) is 2.28. The Bertz CT molecular complexity index is 179. The summed E-state index contributed by atoms with van der Waals surface area (Å²) in [6, 6.07) is 0. The zero-order valence-electron chi connectivity index (χ0n) is 14.9. The maximum absolute atomic E-state index is 2.83. The first-order valence-corrected chi connectivity index (χ1v) is 10.8. The van der Waals surface area contributed by atoms with Crippen molar-refractivity contribution in [3.8, 4) is 0 Å². The van der Waals surface area contributed by atoms with Crippen LogP contribution in [0.3, 0.4) is 0 Å². The van der Waals surface area contributed by atoms with Gasteiger partial charge in [0.25, 0.3) is 0 Å². The Hall–Kier alpha value is 1.56. The van der Waals surface area contributed by atoms with E-state index in [0.29, 0.717) is 0 Å². The Kier molecular flexibility index (Phi) is 15.5. The van der Waals surface area contributed by atoms with Gasteiger partial charge in [-0.25, -0.2) is 0 Å². The van der Waals surface area contributed by atoms with Crippen molar-refractivity contribution in [2.24, 2.45) is 23.7 Å². The molecule has 4 heteroatoms. The van der Waals surface area contributed by atoms with E-state index in [-0.39, 0.29) is 12.4 Å². The normalized spacial score (nSPS) is 12.1. The van der Waals surface area contributed by atoms with Crippen molar-refractivity contribution < 1.29 is 37.5 Å². The van der Waals surface area contributed by atoms with Crippen molar-refractivity contribution in [3.63, 3.8) is 0 Å². The zero-order chi connectivity index (χ0) is 15.0. The van der Waals surface area contributed by atoms with Crippen molar-refractivity contribution >= 4 is 12.4 Å². The van der Waals surface area contributed by atoms with Gasteiger partial charge in [0.2, 0.25) is 0 Å². The first-order valence-electron chi connectivity index (χ1n) is 7.96. The van der Waals surface area contributed by atoms with E-state index in [1.54, 1.807) is 0 Å². The maximum atomic E-state index is 2.83. The minimum absolute atomic E-state index is 0. The second kappa shape index (κ2) is 13.0. The van der Waals surface area contributed by atoms with Gasteiger partial charge in [0.1, 0.15) is 0 Å². The van der Waals surface area contributed by atoms with Gasteiger partial charge in [-0.3, -0.25) is 0 Å². The summed E-state index contributed by atoms with van der Waals surface area (Å²) in [5, 5.41) is 0. The maximum Gasteiger partial charge on any atom is -0.147 e. The Morgan fingerprint density at radius 1 is 0.550 bits per heavy atom. The Morgan fingerprint density at radius 3 is 0.900 bits per heavy atom. The van der Waals surface area contributed by atoms with Crippen LogP contribution in [0.25, 0.3) is 0 Å². The predicted molar refractivity (Wildman–Crippen MR) is 89.7 cm³/mol. The van der Waals surface area contributed by atoms with E-state index in [0.717, 1.165) is 23.7 Å². The summed E-state index contributed by atoms with van der Waals surface area (Å²) in [6.45, 7) is 24.0. The minimum Gasteiger partial charge on any atom is -0.147 e. The van der Waals surface area contributed by atoms with Crippen molar-refractivity contribution in [1.29, 1.82) is 0 Å². The third kappa shape index (κ3) is 14.5. The third-order valence-electron chi connectivity index (χ3n) is 2.62. The van der Waals surface area contributed by atoms with Crippen LogP contribution in [-0.2, 0) is 0 Å². The van der Waals surface area contributed by atoms with Crippen LogP contribution in [0.4, 0.5) is 0 Å². The standard InChI is InChI=1S/2C8H18N.ClH.Nd/c2*1-7(2)5-9-6-8(3)4;;/h2*7-8H,5-6H2,1-4H3;1H;/q2*-1;;+2. The molecule has 0 aromatic rings. The van der Waals surface area contributed by atoms with Gasteiger partial charge in [-0.2, -0.15) is 0 Å². The molecule has 0 aliphatic carbocycles. The quantitative estimate of drug-likeness (QED) is 0.495. The van der Waals surface area contributed by atoms with Gasteiger partial charge in [-0.05, 0) is 0 Å². The van der Waals surface area contributed by atoms with Crippen LogP contribution in [-0.4, -0.2) is 28.1 Å². The van der Waals surface area contributed by atoms with Gasteiger partial charge in [0.15, 0.2) is 0 Å². The summed E-state index contributed by atoms with van der Waals surface area (Å²) in [5.74, 6) is 3.19. The predicted octanol–water partition coefficient (Wildman–Crippen LogP) is 4.55. The van der Waals surface area contributed by atoms with Crippen LogP contribution in [0.5, 0.6) is 0 Å². The SMILES string of the molecule is CC(C)C[N](CC(C)C)[Nd][N](CC(C)C)CC(C)C.Cl. The molecule has 2 nitrogen and oxygen atoms in total. The Balaban J connectivity index is 0. The van der Waals surface area contributed by atoms with E-state index in [2.05, 4.69) is 57.4 Å². The van der Waals surface area contributed by atoms with Crippen molar-refractivity contribution in [3.05, 3.63) is 0 Å². The van der Waals surface area contributed by atoms with E-state index in [1.165, 1.54) is 26.2 Å². The van der Waals surface area contributed by atoms with Crippen LogP contribution < -0.4 is 0 Å². The van der Waals surface area contributed by atoms with E-state index < -0.39 is 37.5 Å². The number of halogens is 1. The summed E-state index contributed by atoms with van der Waals surface area (Å²) in [7, 11) is 0. The molecule has 0 bridgehead atoms. The smallest absolute Gasteiger partial charge is 0.147 e. The molecule has 0 N–H and O–H groups in total. The molecular formula is C16H37ClN2Nd. The fourth-order valence-corrected chi connectivity index (χ4v) is 9.29. The van der Waals surface area contributed by atoms with Gasteiger partial charge >= 0.3 is 145 Å². The topological polar surface area (TPSA) is 6.48 Å². The zero-order valence-corrected chi connectivity index (χ0v) is 19.0. The van der Waals surface area contributed by atoms with Crippen LogP contribution in [0.2, 0.25) is 0 Å². The van der Waals surface area contributed by atoms with Gasteiger partial charge in [-0.15, -0.1) is 12.4 Å². The van der Waals surface area contributed by atoms with Crippen molar-refractivity contribution in [1.82, 2.24) is 1.97 Å². The van der Waals surface area contributed by atoms with Gasteiger partial charge < -0.3 is 0 Å². The Labute approximate surface area is 155 Å². The molecular weight excluding hydrogens is 400 g/mol. The van der Waals surface area contributed by atoms with E-state index in [1.807, 2.05) is 0 Å². The molecule has 122 valence electrons. The number of rotatable bonds is 10. The van der Waals surface area contributed by atoms with Crippen LogP contribution >= 0.6 is 12.4 Å². The number of hydrogen-bond donors (Lipinski definition) is 0. The largest absolute Gasteiger partial charge is 0.147 e. The fraction of sp³-hybridized carbons (Fsp3) is 1.00. The van der Waals surface area contributed by atoms with Crippen LogP contribution in [0.15, 0.2) is 0 Å². The summed E-state index contributed by atoms with van der Waals surface area (Å²) < 4.78 is 5.67. The van der Waals surface area contributed by atoms with Crippen LogP contribution in [0.1, 0.15) is 55.4 Å². The van der Waals surface area contributed by atoms with Crippen molar-refractivity contribution in [2.45, 2.75) is 55.4 Å². The van der Waals surface area contributed by atoms with E-state index in [9.17, 15) is 0 Å². The number of hydrogen-bond acceptors (Lipinski definition) is 2. The van der Waals surface area contributed by atoms with E-state index >= 15 is 0 Å². The molecule has 0 saturated heterocycles. The molecule has 0 unspecified atom stereocenters. The molecule has 20 heavy (non-hydrogen) atoms. The molecule has 0 radical (unpaired) electrons. The average molecular weight is 437 g/mol. The third-order valence-corrected chi connectivity index (χ3v) is 6.78. The first-order chi connectivity index (χ1) is 8.70. The molecule has 0 heterocycles. The Morgan fingerprint density at radius 2 is 0.750 bits per heavy atom. The molecule has 0 amide bonds. The molecule has 0 aliphatic rings. The summed E-state index contributed by atoms with van der Waals surface area (Å²) in [4.78, 5) is 0. The molecule has 0 atom stereocenters. The van der Waals surface area contributed by atoms with Gasteiger partial charge in [0.05, 0.1) is 0 Å². The average Bonchev–Trinajstić information content (AvgIpc) is 2.11. The molecule has 0 spiro atoms. The molecule has 0 aromatic heterocycles. The van der Waals surface area contributed by atoms with Gasteiger partial charge in [-0.1, -0.05) is 0 Å². The van der Waals surface area contributed by atoms with Gasteiger partial charge in [0, 0.05) is 0 Å². The molecule has 0 rings (SSSR count).